The summed E-state index contributed by atoms with van der Waals surface area (Å²) < 4.78 is 5.60. The van der Waals surface area contributed by atoms with Crippen molar-refractivity contribution in [3.8, 4) is 0 Å². The zero-order chi connectivity index (χ0) is 19.1. The molecule has 0 aliphatic carbocycles. The van der Waals surface area contributed by atoms with E-state index in [9.17, 15) is 9.59 Å². The van der Waals surface area contributed by atoms with Crippen LogP contribution in [0.4, 0.5) is 4.79 Å². The number of urea groups is 1. The second-order valence-corrected chi connectivity index (χ2v) is 5.94. The third-order valence-electron chi connectivity index (χ3n) is 4.15. The summed E-state index contributed by atoms with van der Waals surface area (Å²) in [7, 11) is 1.46. The van der Waals surface area contributed by atoms with Crippen molar-refractivity contribution < 1.29 is 14.0 Å². The Morgan fingerprint density at radius 1 is 0.852 bits per heavy atom. The molecule has 0 bridgehead atoms. The molecule has 0 radical (unpaired) electrons. The quantitative estimate of drug-likeness (QED) is 0.628. The first kappa shape index (κ1) is 18.4. The van der Waals surface area contributed by atoms with Crippen LogP contribution in [0.25, 0.3) is 0 Å². The molecule has 1 heterocycles. The lowest BCUT2D eigenvalue weighted by Gasteiger charge is -2.24. The average molecular weight is 363 g/mol. The zero-order valence-electron chi connectivity index (χ0n) is 14.9. The van der Waals surface area contributed by atoms with Crippen molar-refractivity contribution >= 4 is 11.9 Å². The van der Waals surface area contributed by atoms with Gasteiger partial charge in [-0.15, -0.1) is 0 Å². The van der Waals surface area contributed by atoms with E-state index in [1.54, 1.807) is 12.3 Å². The van der Waals surface area contributed by atoms with Gasteiger partial charge in [-0.25, -0.2) is 4.79 Å². The van der Waals surface area contributed by atoms with Crippen molar-refractivity contribution in [2.75, 3.05) is 7.05 Å². The highest BCUT2D eigenvalue weighted by Crippen LogP contribution is 2.26. The van der Waals surface area contributed by atoms with Gasteiger partial charge in [0, 0.05) is 7.05 Å². The van der Waals surface area contributed by atoms with Crippen LogP contribution in [0.5, 0.6) is 0 Å². The van der Waals surface area contributed by atoms with E-state index in [0.717, 1.165) is 11.1 Å². The summed E-state index contributed by atoms with van der Waals surface area (Å²) in [6.07, 6.45) is 1.59. The van der Waals surface area contributed by atoms with Crippen LogP contribution in [-0.2, 0) is 4.79 Å². The lowest BCUT2D eigenvalue weighted by Crippen LogP contribution is -2.45. The zero-order valence-corrected chi connectivity index (χ0v) is 14.9. The van der Waals surface area contributed by atoms with Gasteiger partial charge in [0.2, 0.25) is 5.91 Å². The van der Waals surface area contributed by atoms with Crippen LogP contribution in [0.15, 0.2) is 83.5 Å². The Hall–Kier alpha value is -3.38. The highest BCUT2D eigenvalue weighted by molar-refractivity contribution is 5.97. The van der Waals surface area contributed by atoms with E-state index in [1.165, 1.54) is 7.05 Å². The van der Waals surface area contributed by atoms with Gasteiger partial charge in [0.25, 0.3) is 0 Å². The van der Waals surface area contributed by atoms with E-state index < -0.39 is 18.0 Å². The standard InChI is InChI=1S/C21H21N3O3/c1-22-21(26)24-20(25)19(16-11-6-3-7-12-16)23-18(17-13-8-14-27-17)15-9-4-2-5-10-15/h2-14,18-19,23H,1H3,(H2,22,24,25,26)/t18-,19+/m0/s1. The number of furan rings is 1. The summed E-state index contributed by atoms with van der Waals surface area (Å²) in [6.45, 7) is 0. The molecule has 3 aromatic rings. The number of hydrogen-bond donors (Lipinski definition) is 3. The maximum Gasteiger partial charge on any atom is 0.321 e. The van der Waals surface area contributed by atoms with Gasteiger partial charge in [-0.1, -0.05) is 60.7 Å². The monoisotopic (exact) mass is 363 g/mol. The number of amides is 3. The van der Waals surface area contributed by atoms with Crippen molar-refractivity contribution in [1.29, 1.82) is 0 Å². The minimum absolute atomic E-state index is 0.359. The first-order valence-corrected chi connectivity index (χ1v) is 8.61. The number of nitrogens with one attached hydrogen (secondary N) is 3. The Labute approximate surface area is 157 Å². The smallest absolute Gasteiger partial charge is 0.321 e. The number of imide groups is 1. The van der Waals surface area contributed by atoms with Crippen molar-refractivity contribution in [3.63, 3.8) is 0 Å². The molecule has 2 aromatic carbocycles. The summed E-state index contributed by atoms with van der Waals surface area (Å²) in [5.74, 6) is 0.225. The molecule has 2 atom stereocenters. The van der Waals surface area contributed by atoms with Gasteiger partial charge in [0.05, 0.1) is 12.3 Å². The molecule has 1 aromatic heterocycles. The normalized spacial score (nSPS) is 12.8. The maximum absolute atomic E-state index is 12.8. The highest BCUT2D eigenvalue weighted by Gasteiger charge is 2.27. The van der Waals surface area contributed by atoms with E-state index in [1.807, 2.05) is 66.7 Å². The lowest BCUT2D eigenvalue weighted by molar-refractivity contribution is -0.122. The first-order chi connectivity index (χ1) is 13.2. The average Bonchev–Trinajstić information content (AvgIpc) is 3.24. The molecule has 138 valence electrons. The Morgan fingerprint density at radius 2 is 1.48 bits per heavy atom. The molecule has 27 heavy (non-hydrogen) atoms. The molecule has 3 N–H and O–H groups in total. The van der Waals surface area contributed by atoms with Crippen LogP contribution in [0.2, 0.25) is 0 Å². The molecule has 3 amide bonds. The van der Waals surface area contributed by atoms with Crippen molar-refractivity contribution in [2.45, 2.75) is 12.1 Å². The van der Waals surface area contributed by atoms with Gasteiger partial charge in [0.15, 0.2) is 0 Å². The first-order valence-electron chi connectivity index (χ1n) is 8.61. The fraction of sp³-hybridized carbons (Fsp3) is 0.143. The predicted molar refractivity (Wildman–Crippen MR) is 102 cm³/mol. The largest absolute Gasteiger partial charge is 0.467 e. The molecule has 3 rings (SSSR count). The van der Waals surface area contributed by atoms with Gasteiger partial charge >= 0.3 is 6.03 Å². The van der Waals surface area contributed by atoms with Crippen LogP contribution in [0.3, 0.4) is 0 Å². The number of hydrogen-bond acceptors (Lipinski definition) is 4. The fourth-order valence-corrected chi connectivity index (χ4v) is 2.83. The highest BCUT2D eigenvalue weighted by atomic mass is 16.3. The second kappa shape index (κ2) is 8.82. The molecule has 0 unspecified atom stereocenters. The molecular weight excluding hydrogens is 342 g/mol. The topological polar surface area (TPSA) is 83.4 Å². The van der Waals surface area contributed by atoms with Gasteiger partial charge in [0.1, 0.15) is 11.8 Å². The van der Waals surface area contributed by atoms with Gasteiger partial charge in [-0.05, 0) is 23.3 Å². The minimum atomic E-state index is -0.751. The third-order valence-corrected chi connectivity index (χ3v) is 4.15. The third kappa shape index (κ3) is 4.62. The second-order valence-electron chi connectivity index (χ2n) is 5.94. The molecule has 0 aliphatic rings. The van der Waals surface area contributed by atoms with Crippen LogP contribution < -0.4 is 16.0 Å². The van der Waals surface area contributed by atoms with E-state index in [0.29, 0.717) is 5.76 Å². The molecule has 0 fully saturated rings. The maximum atomic E-state index is 12.8. The van der Waals surface area contributed by atoms with Crippen LogP contribution in [0, 0.1) is 0 Å². The van der Waals surface area contributed by atoms with E-state index >= 15 is 0 Å². The molecule has 0 saturated heterocycles. The van der Waals surface area contributed by atoms with Gasteiger partial charge in [-0.3, -0.25) is 15.4 Å². The van der Waals surface area contributed by atoms with Gasteiger partial charge in [-0.2, -0.15) is 0 Å². The minimum Gasteiger partial charge on any atom is -0.467 e. The Morgan fingerprint density at radius 3 is 2.04 bits per heavy atom. The van der Waals surface area contributed by atoms with E-state index in [-0.39, 0.29) is 6.04 Å². The Balaban J connectivity index is 1.95. The molecule has 6 heteroatoms. The van der Waals surface area contributed by atoms with Crippen LogP contribution >= 0.6 is 0 Å². The summed E-state index contributed by atoms with van der Waals surface area (Å²) in [5, 5.41) is 8.08. The molecule has 0 spiro atoms. The van der Waals surface area contributed by atoms with Crippen LogP contribution in [0.1, 0.15) is 29.0 Å². The number of rotatable bonds is 6. The fourth-order valence-electron chi connectivity index (χ4n) is 2.83. The van der Waals surface area contributed by atoms with Crippen molar-refractivity contribution in [3.05, 3.63) is 95.9 Å². The number of benzene rings is 2. The van der Waals surface area contributed by atoms with E-state index in [2.05, 4.69) is 16.0 Å². The van der Waals surface area contributed by atoms with Crippen LogP contribution in [-0.4, -0.2) is 19.0 Å². The van der Waals surface area contributed by atoms with E-state index in [4.69, 9.17) is 4.42 Å². The molecular formula is C21H21N3O3. The van der Waals surface area contributed by atoms with Crippen molar-refractivity contribution in [1.82, 2.24) is 16.0 Å². The SMILES string of the molecule is CNC(=O)NC(=O)[C@H](N[C@@H](c1ccccc1)c1ccco1)c1ccccc1. The molecule has 0 aliphatic heterocycles. The Kier molecular flexibility index (Phi) is 6.02. The summed E-state index contributed by atoms with van der Waals surface area (Å²) in [4.78, 5) is 24.4. The Bertz CT molecular complexity index is 864. The van der Waals surface area contributed by atoms with Crippen molar-refractivity contribution in [2.24, 2.45) is 0 Å². The number of carbonyl (C=O) groups excluding carboxylic acids is 2. The molecule has 0 saturated carbocycles. The summed E-state index contributed by atoms with van der Waals surface area (Å²) in [5.41, 5.74) is 1.69. The lowest BCUT2D eigenvalue weighted by atomic mass is 10.00. The van der Waals surface area contributed by atoms with Gasteiger partial charge < -0.3 is 9.73 Å². The summed E-state index contributed by atoms with van der Waals surface area (Å²) in [6, 6.07) is 20.9. The predicted octanol–water partition coefficient (Wildman–Crippen LogP) is 3.16. The molecule has 6 nitrogen and oxygen atoms in total. The summed E-state index contributed by atoms with van der Waals surface area (Å²) >= 11 is 0. The number of carbonyl (C=O) groups is 2.